The van der Waals surface area contributed by atoms with Crippen molar-refractivity contribution in [1.29, 1.82) is 5.26 Å². The zero-order valence-electron chi connectivity index (χ0n) is 19.6. The van der Waals surface area contributed by atoms with Gasteiger partial charge in [0.25, 0.3) is 0 Å². The van der Waals surface area contributed by atoms with Crippen LogP contribution in [0.15, 0.2) is 54.6 Å². The number of hydrogen-bond acceptors (Lipinski definition) is 5. The van der Waals surface area contributed by atoms with Crippen LogP contribution >= 0.6 is 0 Å². The van der Waals surface area contributed by atoms with Gasteiger partial charge in [-0.25, -0.2) is 4.79 Å². The maximum Gasteiger partial charge on any atom is 0.408 e. The smallest absolute Gasteiger partial charge is 0.408 e. The average Bonchev–Trinajstić information content (AvgIpc) is 2.79. The van der Waals surface area contributed by atoms with E-state index in [1.807, 2.05) is 59.5 Å². The molecule has 2 amide bonds. The van der Waals surface area contributed by atoms with E-state index in [1.54, 1.807) is 20.8 Å². The summed E-state index contributed by atoms with van der Waals surface area (Å²) in [5.41, 5.74) is 2.13. The van der Waals surface area contributed by atoms with Crippen molar-refractivity contribution in [1.82, 2.24) is 15.1 Å². The van der Waals surface area contributed by atoms with Crippen molar-refractivity contribution in [2.45, 2.75) is 45.4 Å². The zero-order chi connectivity index (χ0) is 23.8. The third kappa shape index (κ3) is 7.62. The molecule has 33 heavy (non-hydrogen) atoms. The van der Waals surface area contributed by atoms with Gasteiger partial charge >= 0.3 is 6.09 Å². The van der Waals surface area contributed by atoms with Crippen molar-refractivity contribution in [2.75, 3.05) is 26.2 Å². The number of benzene rings is 2. The Morgan fingerprint density at radius 1 is 1.00 bits per heavy atom. The number of rotatable bonds is 6. The number of nitrogens with one attached hydrogen (secondary N) is 1. The lowest BCUT2D eigenvalue weighted by atomic mass is 10.0. The maximum atomic E-state index is 13.3. The van der Waals surface area contributed by atoms with Crippen LogP contribution in [0.5, 0.6) is 0 Å². The van der Waals surface area contributed by atoms with Gasteiger partial charge in [0, 0.05) is 39.1 Å². The summed E-state index contributed by atoms with van der Waals surface area (Å²) < 4.78 is 5.39. The third-order valence-electron chi connectivity index (χ3n) is 5.44. The van der Waals surface area contributed by atoms with Crippen LogP contribution in [0.3, 0.4) is 0 Å². The van der Waals surface area contributed by atoms with Crippen molar-refractivity contribution in [3.63, 3.8) is 0 Å². The van der Waals surface area contributed by atoms with Gasteiger partial charge in [-0.3, -0.25) is 9.69 Å². The predicted molar refractivity (Wildman–Crippen MR) is 126 cm³/mol. The summed E-state index contributed by atoms with van der Waals surface area (Å²) in [5.74, 6) is -0.0947. The van der Waals surface area contributed by atoms with E-state index >= 15 is 0 Å². The molecule has 0 saturated carbocycles. The Morgan fingerprint density at radius 3 is 2.21 bits per heavy atom. The first-order chi connectivity index (χ1) is 15.7. The van der Waals surface area contributed by atoms with Crippen LogP contribution in [-0.4, -0.2) is 59.6 Å². The molecule has 7 heteroatoms. The van der Waals surface area contributed by atoms with E-state index in [4.69, 9.17) is 10.00 Å². The lowest BCUT2D eigenvalue weighted by Gasteiger charge is -2.36. The van der Waals surface area contributed by atoms with Gasteiger partial charge in [0.2, 0.25) is 5.91 Å². The molecule has 2 aromatic rings. The lowest BCUT2D eigenvalue weighted by molar-refractivity contribution is -0.135. The summed E-state index contributed by atoms with van der Waals surface area (Å²) in [5, 5.41) is 11.7. The number of nitriles is 1. The number of carbonyl (C=O) groups is 2. The molecular formula is C26H32N4O3. The average molecular weight is 449 g/mol. The Balaban J connectivity index is 1.60. The highest BCUT2D eigenvalue weighted by Crippen LogP contribution is 2.13. The van der Waals surface area contributed by atoms with E-state index in [2.05, 4.69) is 16.3 Å². The molecule has 1 heterocycles. The monoisotopic (exact) mass is 448 g/mol. The van der Waals surface area contributed by atoms with E-state index < -0.39 is 17.7 Å². The molecule has 174 valence electrons. The summed E-state index contributed by atoms with van der Waals surface area (Å²) in [7, 11) is 0. The van der Waals surface area contributed by atoms with E-state index in [9.17, 15) is 9.59 Å². The minimum Gasteiger partial charge on any atom is -0.444 e. The van der Waals surface area contributed by atoms with Crippen LogP contribution in [0.1, 0.15) is 37.5 Å². The zero-order valence-corrected chi connectivity index (χ0v) is 19.6. The van der Waals surface area contributed by atoms with Gasteiger partial charge in [-0.1, -0.05) is 42.5 Å². The number of piperazine rings is 1. The van der Waals surface area contributed by atoms with Gasteiger partial charge in [0.1, 0.15) is 11.6 Å². The first-order valence-electron chi connectivity index (χ1n) is 11.3. The van der Waals surface area contributed by atoms with Crippen LogP contribution in [0.4, 0.5) is 4.79 Å². The Bertz CT molecular complexity index is 969. The summed E-state index contributed by atoms with van der Waals surface area (Å²) in [6.45, 7) is 8.85. The quantitative estimate of drug-likeness (QED) is 0.733. The minimum atomic E-state index is -0.688. The molecule has 0 radical (unpaired) electrons. The number of ether oxygens (including phenoxy) is 1. The van der Waals surface area contributed by atoms with Crippen LogP contribution in [-0.2, 0) is 22.5 Å². The highest BCUT2D eigenvalue weighted by Gasteiger charge is 2.30. The van der Waals surface area contributed by atoms with E-state index in [0.717, 1.165) is 30.8 Å². The first-order valence-corrected chi connectivity index (χ1v) is 11.3. The molecule has 3 rings (SSSR count). The molecule has 2 aromatic carbocycles. The van der Waals surface area contributed by atoms with Gasteiger partial charge in [-0.05, 0) is 44.0 Å². The van der Waals surface area contributed by atoms with Crippen molar-refractivity contribution >= 4 is 12.0 Å². The summed E-state index contributed by atoms with van der Waals surface area (Å²) in [4.78, 5) is 29.9. The van der Waals surface area contributed by atoms with Crippen molar-refractivity contribution in [3.8, 4) is 6.07 Å². The molecule has 1 N–H and O–H groups in total. The van der Waals surface area contributed by atoms with Crippen LogP contribution < -0.4 is 5.32 Å². The third-order valence-corrected chi connectivity index (χ3v) is 5.44. The van der Waals surface area contributed by atoms with E-state index in [-0.39, 0.29) is 5.91 Å². The number of amides is 2. The second-order valence-corrected chi connectivity index (χ2v) is 9.30. The van der Waals surface area contributed by atoms with Crippen LogP contribution in [0.2, 0.25) is 0 Å². The molecule has 1 fully saturated rings. The largest absolute Gasteiger partial charge is 0.444 e. The number of alkyl carbamates (subject to hydrolysis) is 1. The van der Waals surface area contributed by atoms with Gasteiger partial charge in [0.05, 0.1) is 11.6 Å². The second-order valence-electron chi connectivity index (χ2n) is 9.30. The van der Waals surface area contributed by atoms with Gasteiger partial charge in [-0.15, -0.1) is 0 Å². The van der Waals surface area contributed by atoms with Gasteiger partial charge in [0.15, 0.2) is 0 Å². The van der Waals surface area contributed by atoms with Crippen molar-refractivity contribution in [2.24, 2.45) is 0 Å². The topological polar surface area (TPSA) is 85.7 Å². The molecule has 1 aliphatic heterocycles. The minimum absolute atomic E-state index is 0.0947. The standard InChI is InChI=1S/C26H32N4O3/c1-26(2,3)33-25(32)28-23(17-20-7-5-4-6-8-20)24(31)30-15-13-29(14-16-30)19-22-11-9-21(18-27)10-12-22/h4-12,23H,13-17,19H2,1-3H3,(H,28,32). The summed E-state index contributed by atoms with van der Waals surface area (Å²) >= 11 is 0. The SMILES string of the molecule is CC(C)(C)OC(=O)NC(Cc1ccccc1)C(=O)N1CCN(Cc2ccc(C#N)cc2)CC1. The lowest BCUT2D eigenvalue weighted by Crippen LogP contribution is -2.55. The molecule has 1 atom stereocenters. The first kappa shape index (κ1) is 24.3. The maximum absolute atomic E-state index is 13.3. The van der Waals surface area contributed by atoms with Crippen LogP contribution in [0, 0.1) is 11.3 Å². The predicted octanol–water partition coefficient (Wildman–Crippen LogP) is 3.34. The fourth-order valence-electron chi connectivity index (χ4n) is 3.79. The number of nitrogens with zero attached hydrogens (tertiary/aromatic N) is 3. The Hall–Kier alpha value is -3.37. The fraction of sp³-hybridized carbons (Fsp3) is 0.423. The van der Waals surface area contributed by atoms with Crippen molar-refractivity contribution < 1.29 is 14.3 Å². The molecule has 0 bridgehead atoms. The summed E-state index contributed by atoms with van der Waals surface area (Å²) in [6.07, 6.45) is -0.180. The van der Waals surface area contributed by atoms with Gasteiger partial charge in [-0.2, -0.15) is 5.26 Å². The second kappa shape index (κ2) is 11.0. The molecule has 0 spiro atoms. The highest BCUT2D eigenvalue weighted by molar-refractivity contribution is 5.86. The van der Waals surface area contributed by atoms with Crippen LogP contribution in [0.25, 0.3) is 0 Å². The molecule has 1 unspecified atom stereocenters. The number of carbonyl (C=O) groups excluding carboxylic acids is 2. The Labute approximate surface area is 195 Å². The molecular weight excluding hydrogens is 416 g/mol. The van der Waals surface area contributed by atoms with E-state index in [1.165, 1.54) is 0 Å². The Morgan fingerprint density at radius 2 is 1.64 bits per heavy atom. The molecule has 1 aliphatic rings. The molecule has 0 aromatic heterocycles. The highest BCUT2D eigenvalue weighted by atomic mass is 16.6. The van der Waals surface area contributed by atoms with Gasteiger partial charge < -0.3 is 15.0 Å². The fourth-order valence-corrected chi connectivity index (χ4v) is 3.79. The van der Waals surface area contributed by atoms with E-state index in [0.29, 0.717) is 25.1 Å². The molecule has 7 nitrogen and oxygen atoms in total. The van der Waals surface area contributed by atoms with Crippen molar-refractivity contribution in [3.05, 3.63) is 71.3 Å². The normalized spacial score (nSPS) is 15.4. The number of hydrogen-bond donors (Lipinski definition) is 1. The molecule has 0 aliphatic carbocycles. The summed E-state index contributed by atoms with van der Waals surface area (Å²) in [6, 6.07) is 18.7. The molecule has 1 saturated heterocycles. The Kier molecular flexibility index (Phi) is 8.07.